The normalized spacial score (nSPS) is 10.2. The van der Waals surface area contributed by atoms with Gasteiger partial charge in [-0.3, -0.25) is 4.79 Å². The number of amides is 1. The smallest absolute Gasteiger partial charge is 0.257 e. The molecule has 1 N–H and O–H groups in total. The topological polar surface area (TPSA) is 42.0 Å². The first-order chi connectivity index (χ1) is 8.56. The van der Waals surface area contributed by atoms with Crippen molar-refractivity contribution in [1.29, 1.82) is 0 Å². The SMILES string of the molecule is O=C(Nc1ccc(I)cn1)c1cc(Cl)ccc1I. The third-order valence-corrected chi connectivity index (χ3v) is 3.96. The molecule has 1 aromatic carbocycles. The number of aromatic nitrogens is 1. The summed E-state index contributed by atoms with van der Waals surface area (Å²) in [5, 5.41) is 3.27. The zero-order valence-corrected chi connectivity index (χ0v) is 14.0. The van der Waals surface area contributed by atoms with Crippen LogP contribution in [0.25, 0.3) is 0 Å². The van der Waals surface area contributed by atoms with E-state index in [1.165, 1.54) is 0 Å². The maximum absolute atomic E-state index is 12.1. The van der Waals surface area contributed by atoms with Crippen LogP contribution in [0.15, 0.2) is 36.5 Å². The summed E-state index contributed by atoms with van der Waals surface area (Å²) in [4.78, 5) is 16.2. The zero-order valence-electron chi connectivity index (χ0n) is 8.95. The van der Waals surface area contributed by atoms with Crippen molar-refractivity contribution in [2.75, 3.05) is 5.32 Å². The quantitative estimate of drug-likeness (QED) is 0.650. The average Bonchev–Trinajstić information content (AvgIpc) is 2.35. The minimum Gasteiger partial charge on any atom is -0.307 e. The third kappa shape index (κ3) is 3.55. The number of nitrogens with zero attached hydrogens (tertiary/aromatic N) is 1. The highest BCUT2D eigenvalue weighted by Gasteiger charge is 2.11. The van der Waals surface area contributed by atoms with E-state index >= 15 is 0 Å². The molecule has 0 radical (unpaired) electrons. The minimum absolute atomic E-state index is 0.212. The number of anilines is 1. The molecule has 6 heteroatoms. The van der Waals surface area contributed by atoms with E-state index in [1.54, 1.807) is 30.5 Å². The monoisotopic (exact) mass is 484 g/mol. The molecule has 0 aliphatic heterocycles. The molecule has 1 amide bonds. The molecule has 0 spiro atoms. The molecule has 0 aliphatic rings. The van der Waals surface area contributed by atoms with E-state index in [0.29, 0.717) is 16.4 Å². The van der Waals surface area contributed by atoms with Crippen LogP contribution in [-0.4, -0.2) is 10.9 Å². The summed E-state index contributed by atoms with van der Waals surface area (Å²) in [5.41, 5.74) is 0.545. The number of nitrogens with one attached hydrogen (secondary N) is 1. The van der Waals surface area contributed by atoms with E-state index in [2.05, 4.69) is 55.5 Å². The van der Waals surface area contributed by atoms with Gasteiger partial charge in [0.2, 0.25) is 0 Å². The second-order valence-corrected chi connectivity index (χ2v) is 6.28. The zero-order chi connectivity index (χ0) is 13.1. The molecule has 0 atom stereocenters. The Labute approximate surface area is 137 Å². The minimum atomic E-state index is -0.212. The summed E-state index contributed by atoms with van der Waals surface area (Å²) < 4.78 is 1.86. The number of pyridine rings is 1. The summed E-state index contributed by atoms with van der Waals surface area (Å²) in [7, 11) is 0. The number of carbonyl (C=O) groups excluding carboxylic acids is 1. The Morgan fingerprint density at radius 3 is 2.67 bits per heavy atom. The molecule has 2 aromatic rings. The third-order valence-electron chi connectivity index (χ3n) is 2.14. The molecule has 2 rings (SSSR count). The van der Waals surface area contributed by atoms with E-state index in [4.69, 9.17) is 11.6 Å². The van der Waals surface area contributed by atoms with Gasteiger partial charge in [0, 0.05) is 18.4 Å². The Morgan fingerprint density at radius 2 is 2.00 bits per heavy atom. The lowest BCUT2D eigenvalue weighted by atomic mass is 10.2. The van der Waals surface area contributed by atoms with Gasteiger partial charge in [-0.2, -0.15) is 0 Å². The summed E-state index contributed by atoms with van der Waals surface area (Å²) in [6.07, 6.45) is 1.69. The highest BCUT2D eigenvalue weighted by Crippen LogP contribution is 2.19. The van der Waals surface area contributed by atoms with Gasteiger partial charge in [-0.15, -0.1) is 0 Å². The van der Waals surface area contributed by atoms with E-state index in [1.807, 2.05) is 6.07 Å². The fraction of sp³-hybridized carbons (Fsp3) is 0. The second-order valence-electron chi connectivity index (χ2n) is 3.44. The lowest BCUT2D eigenvalue weighted by molar-refractivity contribution is 0.102. The van der Waals surface area contributed by atoms with Crippen LogP contribution in [0.2, 0.25) is 5.02 Å². The van der Waals surface area contributed by atoms with Gasteiger partial charge in [0.15, 0.2) is 0 Å². The van der Waals surface area contributed by atoms with Crippen LogP contribution >= 0.6 is 56.8 Å². The first kappa shape index (κ1) is 14.0. The molecule has 1 heterocycles. The van der Waals surface area contributed by atoms with Gasteiger partial charge in [0.05, 0.1) is 5.56 Å². The molecule has 1 aromatic heterocycles. The van der Waals surface area contributed by atoms with Crippen molar-refractivity contribution in [3.63, 3.8) is 0 Å². The molecular formula is C12H7ClI2N2O. The fourth-order valence-electron chi connectivity index (χ4n) is 1.30. The van der Waals surface area contributed by atoms with Crippen molar-refractivity contribution in [3.8, 4) is 0 Å². The Balaban J connectivity index is 2.21. The number of halogens is 3. The molecule has 92 valence electrons. The Bertz CT molecular complexity index is 587. The van der Waals surface area contributed by atoms with E-state index < -0.39 is 0 Å². The van der Waals surface area contributed by atoms with Crippen molar-refractivity contribution >= 4 is 68.5 Å². The largest absolute Gasteiger partial charge is 0.307 e. The number of benzene rings is 1. The standard InChI is InChI=1S/C12H7ClI2N2O/c13-7-1-3-10(15)9(5-7)12(18)17-11-4-2-8(14)6-16-11/h1-6H,(H,16,17,18). The molecule has 0 saturated heterocycles. The number of hydrogen-bond acceptors (Lipinski definition) is 2. The van der Waals surface area contributed by atoms with Crippen molar-refractivity contribution in [2.24, 2.45) is 0 Å². The predicted octanol–water partition coefficient (Wildman–Crippen LogP) is 4.20. The highest BCUT2D eigenvalue weighted by molar-refractivity contribution is 14.1. The second kappa shape index (κ2) is 6.16. The number of hydrogen-bond donors (Lipinski definition) is 1. The van der Waals surface area contributed by atoms with E-state index in [9.17, 15) is 4.79 Å². The summed E-state index contributed by atoms with van der Waals surface area (Å²) >= 11 is 10.1. The molecule has 3 nitrogen and oxygen atoms in total. The number of carbonyl (C=O) groups is 1. The fourth-order valence-corrected chi connectivity index (χ4v) is 2.38. The Kier molecular flexibility index (Phi) is 4.79. The lowest BCUT2D eigenvalue weighted by Crippen LogP contribution is -2.14. The molecule has 0 unspecified atom stereocenters. The molecular weight excluding hydrogens is 477 g/mol. The maximum Gasteiger partial charge on any atom is 0.257 e. The van der Waals surface area contributed by atoms with Gasteiger partial charge < -0.3 is 5.32 Å². The lowest BCUT2D eigenvalue weighted by Gasteiger charge is -2.06. The maximum atomic E-state index is 12.1. The van der Waals surface area contributed by atoms with Crippen LogP contribution in [-0.2, 0) is 0 Å². The molecule has 0 aliphatic carbocycles. The van der Waals surface area contributed by atoms with Crippen LogP contribution in [0.4, 0.5) is 5.82 Å². The van der Waals surface area contributed by atoms with Crippen molar-refractivity contribution in [1.82, 2.24) is 4.98 Å². The van der Waals surface area contributed by atoms with Gasteiger partial charge in [0.1, 0.15) is 5.82 Å². The van der Waals surface area contributed by atoms with Crippen LogP contribution in [0, 0.1) is 7.14 Å². The average molecular weight is 484 g/mol. The van der Waals surface area contributed by atoms with Crippen molar-refractivity contribution < 1.29 is 4.79 Å². The Hall–Kier alpha value is -0.410. The van der Waals surface area contributed by atoms with Crippen molar-refractivity contribution in [2.45, 2.75) is 0 Å². The van der Waals surface area contributed by atoms with Gasteiger partial charge >= 0.3 is 0 Å². The molecule has 0 fully saturated rings. The van der Waals surface area contributed by atoms with E-state index in [-0.39, 0.29) is 5.91 Å². The van der Waals surface area contributed by atoms with Gasteiger partial charge in [0.25, 0.3) is 5.91 Å². The first-order valence-corrected chi connectivity index (χ1v) is 7.48. The molecule has 0 bridgehead atoms. The van der Waals surface area contributed by atoms with Crippen LogP contribution < -0.4 is 5.32 Å². The summed E-state index contributed by atoms with van der Waals surface area (Å²) in [5.74, 6) is 0.312. The van der Waals surface area contributed by atoms with Crippen LogP contribution in [0.3, 0.4) is 0 Å². The van der Waals surface area contributed by atoms with Crippen molar-refractivity contribution in [3.05, 3.63) is 54.3 Å². The Morgan fingerprint density at radius 1 is 1.22 bits per heavy atom. The van der Waals surface area contributed by atoms with Gasteiger partial charge in [-0.1, -0.05) is 11.6 Å². The van der Waals surface area contributed by atoms with Crippen LogP contribution in [0.5, 0.6) is 0 Å². The summed E-state index contributed by atoms with van der Waals surface area (Å²) in [6.45, 7) is 0. The van der Waals surface area contributed by atoms with Gasteiger partial charge in [-0.25, -0.2) is 4.98 Å². The molecule has 0 saturated carbocycles. The van der Waals surface area contributed by atoms with Gasteiger partial charge in [-0.05, 0) is 75.5 Å². The number of rotatable bonds is 2. The predicted molar refractivity (Wildman–Crippen MR) is 89.1 cm³/mol. The highest BCUT2D eigenvalue weighted by atomic mass is 127. The van der Waals surface area contributed by atoms with Crippen LogP contribution in [0.1, 0.15) is 10.4 Å². The first-order valence-electron chi connectivity index (χ1n) is 4.94. The molecule has 18 heavy (non-hydrogen) atoms. The van der Waals surface area contributed by atoms with E-state index in [0.717, 1.165) is 7.14 Å². The summed E-state index contributed by atoms with van der Waals surface area (Å²) in [6, 6.07) is 8.84.